The van der Waals surface area contributed by atoms with Crippen molar-refractivity contribution in [1.82, 2.24) is 21.3 Å². The second-order valence-corrected chi connectivity index (χ2v) is 6.57. The van der Waals surface area contributed by atoms with Crippen LogP contribution in [0.1, 0.15) is 5.56 Å². The predicted octanol–water partition coefficient (Wildman–Crippen LogP) is -2.60. The van der Waals surface area contributed by atoms with Crippen LogP contribution < -0.4 is 27.0 Å². The van der Waals surface area contributed by atoms with Crippen molar-refractivity contribution in [3.63, 3.8) is 0 Å². The number of carboxylic acids is 1. The molecule has 0 radical (unpaired) electrons. The molecule has 1 aromatic carbocycles. The Kier molecular flexibility index (Phi) is 10.9. The molecule has 4 amide bonds. The molecule has 0 spiro atoms. The first-order valence-electron chi connectivity index (χ1n) is 8.96. The third-order valence-corrected chi connectivity index (χ3v) is 4.16. The summed E-state index contributed by atoms with van der Waals surface area (Å²) in [6, 6.07) is 6.78. The largest absolute Gasteiger partial charge is 0.480 e. The molecule has 1 rings (SSSR count). The molecule has 0 aromatic heterocycles. The minimum absolute atomic E-state index is 0.0918. The normalized spacial score (nSPS) is 12.2. The average Bonchev–Trinajstić information content (AvgIpc) is 2.74. The molecule has 2 atom stereocenters. The standard InChI is InChI=1S/C18H25N5O6S/c19-12(10-30)17(27)22-8-15(25)20-7-14(24)21-9-16(26)23-13(18(28)29)6-11-4-2-1-3-5-11/h1-5,12-13,30H,6-10,19H2,(H,20,25)(H,21,24)(H,22,27)(H,23,26)(H,28,29)/t12-,13-/m0/s1. The van der Waals surface area contributed by atoms with Crippen LogP contribution in [0, 0.1) is 0 Å². The highest BCUT2D eigenvalue weighted by Crippen LogP contribution is 2.03. The van der Waals surface area contributed by atoms with Gasteiger partial charge in [-0.1, -0.05) is 30.3 Å². The fourth-order valence-corrected chi connectivity index (χ4v) is 2.33. The highest BCUT2D eigenvalue weighted by molar-refractivity contribution is 7.80. The maximum absolute atomic E-state index is 11.9. The van der Waals surface area contributed by atoms with E-state index < -0.39 is 54.8 Å². The average molecular weight is 439 g/mol. The van der Waals surface area contributed by atoms with Gasteiger partial charge in [0, 0.05) is 12.2 Å². The molecular weight excluding hydrogens is 414 g/mol. The maximum Gasteiger partial charge on any atom is 0.326 e. The topological polar surface area (TPSA) is 180 Å². The second-order valence-electron chi connectivity index (χ2n) is 6.21. The zero-order valence-corrected chi connectivity index (χ0v) is 17.0. The highest BCUT2D eigenvalue weighted by Gasteiger charge is 2.20. The first-order valence-corrected chi connectivity index (χ1v) is 9.59. The van der Waals surface area contributed by atoms with E-state index in [1.807, 2.05) is 0 Å². The van der Waals surface area contributed by atoms with Crippen molar-refractivity contribution in [2.24, 2.45) is 5.73 Å². The number of hydrogen-bond acceptors (Lipinski definition) is 7. The lowest BCUT2D eigenvalue weighted by atomic mass is 10.1. The molecule has 12 heteroatoms. The number of amides is 4. The molecule has 7 N–H and O–H groups in total. The van der Waals surface area contributed by atoms with Gasteiger partial charge in [0.15, 0.2) is 0 Å². The molecule has 0 heterocycles. The molecule has 0 aliphatic rings. The number of carboxylic acid groups (broad SMARTS) is 1. The zero-order valence-electron chi connectivity index (χ0n) is 16.1. The van der Waals surface area contributed by atoms with Gasteiger partial charge >= 0.3 is 5.97 Å². The van der Waals surface area contributed by atoms with Gasteiger partial charge in [0.25, 0.3) is 0 Å². The summed E-state index contributed by atoms with van der Waals surface area (Å²) in [6.07, 6.45) is 0.0918. The minimum atomic E-state index is -1.20. The van der Waals surface area contributed by atoms with Crippen molar-refractivity contribution >= 4 is 42.2 Å². The van der Waals surface area contributed by atoms with Gasteiger partial charge in [-0.05, 0) is 5.56 Å². The van der Waals surface area contributed by atoms with E-state index in [0.29, 0.717) is 0 Å². The SMILES string of the molecule is N[C@@H](CS)C(=O)NCC(=O)NCC(=O)NCC(=O)N[C@@H](Cc1ccccc1)C(=O)O. The van der Waals surface area contributed by atoms with Crippen LogP contribution in [-0.4, -0.2) is 72.2 Å². The lowest BCUT2D eigenvalue weighted by Gasteiger charge is -2.15. The van der Waals surface area contributed by atoms with Gasteiger partial charge in [-0.3, -0.25) is 19.2 Å². The molecule has 1 aromatic rings. The molecule has 164 valence electrons. The Hall–Kier alpha value is -3.12. The number of thiol groups is 1. The summed E-state index contributed by atoms with van der Waals surface area (Å²) in [5.74, 6) is -3.61. The van der Waals surface area contributed by atoms with Crippen LogP contribution in [0.3, 0.4) is 0 Å². The summed E-state index contributed by atoms with van der Waals surface area (Å²) >= 11 is 3.86. The summed E-state index contributed by atoms with van der Waals surface area (Å²) < 4.78 is 0. The van der Waals surface area contributed by atoms with Crippen LogP contribution in [0.5, 0.6) is 0 Å². The van der Waals surface area contributed by atoms with Crippen LogP contribution >= 0.6 is 12.6 Å². The number of hydrogen-bond donors (Lipinski definition) is 7. The quantitative estimate of drug-likeness (QED) is 0.174. The summed E-state index contributed by atoms with van der Waals surface area (Å²) in [5.41, 5.74) is 6.17. The number of nitrogens with one attached hydrogen (secondary N) is 4. The number of carbonyl (C=O) groups is 5. The van der Waals surface area contributed by atoms with Crippen molar-refractivity contribution < 1.29 is 29.1 Å². The first kappa shape index (κ1) is 24.9. The first-order chi connectivity index (χ1) is 14.2. The third-order valence-electron chi connectivity index (χ3n) is 3.76. The highest BCUT2D eigenvalue weighted by atomic mass is 32.1. The van der Waals surface area contributed by atoms with Crippen molar-refractivity contribution in [3.8, 4) is 0 Å². The van der Waals surface area contributed by atoms with Crippen molar-refractivity contribution in [3.05, 3.63) is 35.9 Å². The van der Waals surface area contributed by atoms with Crippen molar-refractivity contribution in [1.29, 1.82) is 0 Å². The van der Waals surface area contributed by atoms with Crippen molar-refractivity contribution in [2.45, 2.75) is 18.5 Å². The summed E-state index contributed by atoms with van der Waals surface area (Å²) in [5, 5.41) is 18.4. The van der Waals surface area contributed by atoms with Gasteiger partial charge in [0.1, 0.15) is 6.04 Å². The molecule has 0 unspecified atom stereocenters. The lowest BCUT2D eigenvalue weighted by Crippen LogP contribution is -2.49. The fraction of sp³-hybridized carbons (Fsp3) is 0.389. The molecule has 0 fully saturated rings. The number of rotatable bonds is 12. The summed E-state index contributed by atoms with van der Waals surface area (Å²) in [4.78, 5) is 58.0. The summed E-state index contributed by atoms with van der Waals surface area (Å²) in [7, 11) is 0. The smallest absolute Gasteiger partial charge is 0.326 e. The Balaban J connectivity index is 2.32. The van der Waals surface area contributed by atoms with Crippen LogP contribution in [0.2, 0.25) is 0 Å². The van der Waals surface area contributed by atoms with Crippen LogP contribution in [0.25, 0.3) is 0 Å². The Morgan fingerprint density at radius 3 is 1.97 bits per heavy atom. The molecule has 0 saturated heterocycles. The van der Waals surface area contributed by atoms with Gasteiger partial charge in [0.05, 0.1) is 25.7 Å². The van der Waals surface area contributed by atoms with E-state index in [1.54, 1.807) is 30.3 Å². The van der Waals surface area contributed by atoms with Gasteiger partial charge in [-0.15, -0.1) is 0 Å². The van der Waals surface area contributed by atoms with E-state index in [0.717, 1.165) is 5.56 Å². The maximum atomic E-state index is 11.9. The van der Waals surface area contributed by atoms with E-state index in [1.165, 1.54) is 0 Å². The molecule has 11 nitrogen and oxygen atoms in total. The Labute approximate surface area is 178 Å². The third kappa shape index (κ3) is 9.89. The van der Waals surface area contributed by atoms with Crippen LogP contribution in [0.4, 0.5) is 0 Å². The molecule has 0 aliphatic carbocycles. The number of carbonyl (C=O) groups excluding carboxylic acids is 4. The monoisotopic (exact) mass is 439 g/mol. The fourth-order valence-electron chi connectivity index (χ4n) is 2.16. The van der Waals surface area contributed by atoms with Gasteiger partial charge in [0.2, 0.25) is 23.6 Å². The lowest BCUT2D eigenvalue weighted by molar-refractivity contribution is -0.141. The zero-order chi connectivity index (χ0) is 22.5. The second kappa shape index (κ2) is 13.2. The Morgan fingerprint density at radius 2 is 1.43 bits per heavy atom. The molecule has 0 saturated carbocycles. The molecular formula is C18H25N5O6S. The predicted molar refractivity (Wildman–Crippen MR) is 111 cm³/mol. The van der Waals surface area contributed by atoms with E-state index in [4.69, 9.17) is 5.73 Å². The van der Waals surface area contributed by atoms with Gasteiger partial charge < -0.3 is 32.1 Å². The van der Waals surface area contributed by atoms with E-state index in [2.05, 4.69) is 33.9 Å². The van der Waals surface area contributed by atoms with Gasteiger partial charge in [-0.2, -0.15) is 12.6 Å². The number of aliphatic carboxylic acids is 1. The minimum Gasteiger partial charge on any atom is -0.480 e. The Bertz CT molecular complexity index is 761. The van der Waals surface area contributed by atoms with E-state index >= 15 is 0 Å². The molecule has 0 aliphatic heterocycles. The number of benzene rings is 1. The van der Waals surface area contributed by atoms with E-state index in [-0.39, 0.29) is 18.7 Å². The summed E-state index contributed by atoms with van der Waals surface area (Å²) in [6.45, 7) is -1.25. The van der Waals surface area contributed by atoms with Crippen LogP contribution in [0.15, 0.2) is 30.3 Å². The van der Waals surface area contributed by atoms with Crippen molar-refractivity contribution in [2.75, 3.05) is 25.4 Å². The number of nitrogens with two attached hydrogens (primary N) is 1. The Morgan fingerprint density at radius 1 is 0.900 bits per heavy atom. The van der Waals surface area contributed by atoms with Crippen LogP contribution in [-0.2, 0) is 30.4 Å². The van der Waals surface area contributed by atoms with E-state index in [9.17, 15) is 29.1 Å². The molecule has 30 heavy (non-hydrogen) atoms. The molecule has 0 bridgehead atoms. The van der Waals surface area contributed by atoms with Gasteiger partial charge in [-0.25, -0.2) is 4.79 Å².